The Morgan fingerprint density at radius 1 is 0.853 bits per heavy atom. The molecule has 0 aromatic heterocycles. The van der Waals surface area contributed by atoms with Crippen molar-refractivity contribution in [1.29, 1.82) is 0 Å². The Labute approximate surface area is 215 Å². The highest BCUT2D eigenvalue weighted by Gasteiger charge is 2.30. The van der Waals surface area contributed by atoms with Gasteiger partial charge in [-0.25, -0.2) is 0 Å². The average Bonchev–Trinajstić information content (AvgIpc) is 2.84. The monoisotopic (exact) mass is 516 g/mol. The number of nitrogens with one attached hydrogen (secondary N) is 1. The van der Waals surface area contributed by atoms with Gasteiger partial charge in [-0.05, 0) is 41.3 Å². The molecular formula is C27H27Cl3N2O2. The van der Waals surface area contributed by atoms with Crippen LogP contribution in [-0.2, 0) is 29.0 Å². The number of hydrogen-bond donors (Lipinski definition) is 1. The molecule has 0 saturated carbocycles. The van der Waals surface area contributed by atoms with Crippen molar-refractivity contribution >= 4 is 46.6 Å². The zero-order chi connectivity index (χ0) is 24.5. The van der Waals surface area contributed by atoms with Crippen molar-refractivity contribution in [2.24, 2.45) is 0 Å². The van der Waals surface area contributed by atoms with Crippen LogP contribution in [0.2, 0.25) is 15.1 Å². The van der Waals surface area contributed by atoms with Crippen LogP contribution < -0.4 is 5.32 Å². The van der Waals surface area contributed by atoms with E-state index in [9.17, 15) is 9.59 Å². The molecule has 1 N–H and O–H groups in total. The number of nitrogens with zero attached hydrogens (tertiary/aromatic N) is 1. The Hall–Kier alpha value is -2.53. The molecule has 2 amide bonds. The van der Waals surface area contributed by atoms with Crippen LogP contribution in [0.4, 0.5) is 0 Å². The van der Waals surface area contributed by atoms with E-state index >= 15 is 0 Å². The first-order valence-corrected chi connectivity index (χ1v) is 12.3. The van der Waals surface area contributed by atoms with Gasteiger partial charge in [-0.15, -0.1) is 0 Å². The lowest BCUT2D eigenvalue weighted by atomic mass is 10.0. The van der Waals surface area contributed by atoms with E-state index in [2.05, 4.69) is 5.32 Å². The maximum atomic E-state index is 13.7. The first-order chi connectivity index (χ1) is 16.4. The second-order valence-corrected chi connectivity index (χ2v) is 9.26. The van der Waals surface area contributed by atoms with Gasteiger partial charge in [-0.1, -0.05) is 96.3 Å². The number of halogens is 3. The second-order valence-electron chi connectivity index (χ2n) is 8.03. The van der Waals surface area contributed by atoms with Gasteiger partial charge in [-0.3, -0.25) is 9.59 Å². The molecule has 0 aliphatic heterocycles. The summed E-state index contributed by atoms with van der Waals surface area (Å²) in [7, 11) is 0. The third-order valence-corrected chi connectivity index (χ3v) is 6.56. The third-order valence-electron chi connectivity index (χ3n) is 5.46. The molecular weight excluding hydrogens is 491 g/mol. The third kappa shape index (κ3) is 7.23. The molecule has 0 bridgehead atoms. The highest BCUT2D eigenvalue weighted by atomic mass is 35.5. The molecule has 0 saturated heterocycles. The van der Waals surface area contributed by atoms with Gasteiger partial charge >= 0.3 is 0 Å². The van der Waals surface area contributed by atoms with Gasteiger partial charge in [-0.2, -0.15) is 0 Å². The number of carbonyl (C=O) groups is 2. The van der Waals surface area contributed by atoms with Crippen molar-refractivity contribution < 1.29 is 9.59 Å². The average molecular weight is 518 g/mol. The molecule has 7 heteroatoms. The first kappa shape index (κ1) is 26.1. The molecule has 0 spiro atoms. The Kier molecular flexibility index (Phi) is 9.82. The first-order valence-electron chi connectivity index (χ1n) is 11.2. The molecule has 3 aromatic carbocycles. The topological polar surface area (TPSA) is 49.4 Å². The van der Waals surface area contributed by atoms with E-state index in [1.54, 1.807) is 23.1 Å². The summed E-state index contributed by atoms with van der Waals surface area (Å²) in [5, 5.41) is 4.31. The van der Waals surface area contributed by atoms with Crippen LogP contribution in [-0.4, -0.2) is 29.3 Å². The summed E-state index contributed by atoms with van der Waals surface area (Å²) in [6.45, 7) is 2.73. The molecule has 1 atom stereocenters. The Bertz CT molecular complexity index is 1120. The van der Waals surface area contributed by atoms with Crippen molar-refractivity contribution in [3.05, 3.63) is 105 Å². The smallest absolute Gasteiger partial charge is 0.243 e. The summed E-state index contributed by atoms with van der Waals surface area (Å²) in [5.41, 5.74) is 2.45. The summed E-state index contributed by atoms with van der Waals surface area (Å²) in [6.07, 6.45) is 1.25. The summed E-state index contributed by atoms with van der Waals surface area (Å²) in [6, 6.07) is 21.4. The largest absolute Gasteiger partial charge is 0.354 e. The van der Waals surface area contributed by atoms with Crippen LogP contribution in [0.1, 0.15) is 30.0 Å². The van der Waals surface area contributed by atoms with Crippen LogP contribution in [0.25, 0.3) is 0 Å². The van der Waals surface area contributed by atoms with Gasteiger partial charge in [0.05, 0.1) is 16.5 Å². The maximum Gasteiger partial charge on any atom is 0.243 e. The van der Waals surface area contributed by atoms with Crippen molar-refractivity contribution in [2.75, 3.05) is 6.54 Å². The van der Waals surface area contributed by atoms with E-state index in [1.165, 1.54) is 0 Å². The highest BCUT2D eigenvalue weighted by Crippen LogP contribution is 2.25. The molecule has 0 radical (unpaired) electrons. The minimum atomic E-state index is -0.710. The highest BCUT2D eigenvalue weighted by molar-refractivity contribution is 6.42. The van der Waals surface area contributed by atoms with E-state index in [4.69, 9.17) is 34.8 Å². The SMILES string of the molecule is CCCNC(=O)[C@@H](Cc1ccccc1)N(Cc1ccc(Cl)c(Cl)c1)C(=O)Cc1ccccc1Cl. The minimum Gasteiger partial charge on any atom is -0.354 e. The molecule has 0 aliphatic carbocycles. The number of carbonyl (C=O) groups excluding carboxylic acids is 2. The maximum absolute atomic E-state index is 13.7. The fourth-order valence-electron chi connectivity index (χ4n) is 3.66. The molecule has 0 heterocycles. The molecule has 0 fully saturated rings. The number of benzene rings is 3. The minimum absolute atomic E-state index is 0.0767. The van der Waals surface area contributed by atoms with Crippen LogP contribution in [0.15, 0.2) is 72.8 Å². The van der Waals surface area contributed by atoms with Crippen molar-refractivity contribution in [2.45, 2.75) is 38.8 Å². The Morgan fingerprint density at radius 3 is 2.24 bits per heavy atom. The van der Waals surface area contributed by atoms with E-state index < -0.39 is 6.04 Å². The quantitative estimate of drug-likeness (QED) is 0.340. The lowest BCUT2D eigenvalue weighted by Crippen LogP contribution is -2.51. The van der Waals surface area contributed by atoms with Crippen LogP contribution in [0.3, 0.4) is 0 Å². The van der Waals surface area contributed by atoms with Crippen molar-refractivity contribution in [3.8, 4) is 0 Å². The lowest BCUT2D eigenvalue weighted by Gasteiger charge is -2.32. The summed E-state index contributed by atoms with van der Waals surface area (Å²) in [4.78, 5) is 28.6. The van der Waals surface area contributed by atoms with Crippen LogP contribution in [0, 0.1) is 0 Å². The molecule has 3 rings (SSSR count). The standard InChI is InChI=1S/C27H27Cl3N2O2/c1-2-14-31-27(34)25(16-19-8-4-3-5-9-19)32(18-20-12-13-23(29)24(30)15-20)26(33)17-21-10-6-7-11-22(21)28/h3-13,15,25H,2,14,16-18H2,1H3,(H,31,34)/t25-/m1/s1. The Balaban J connectivity index is 1.98. The van der Waals surface area contributed by atoms with Crippen molar-refractivity contribution in [3.63, 3.8) is 0 Å². The number of amides is 2. The fourth-order valence-corrected chi connectivity index (χ4v) is 4.18. The van der Waals surface area contributed by atoms with Crippen molar-refractivity contribution in [1.82, 2.24) is 10.2 Å². The molecule has 3 aromatic rings. The molecule has 0 aliphatic rings. The van der Waals surface area contributed by atoms with Crippen LogP contribution >= 0.6 is 34.8 Å². The summed E-state index contributed by atoms with van der Waals surface area (Å²) in [5.74, 6) is -0.398. The summed E-state index contributed by atoms with van der Waals surface area (Å²) < 4.78 is 0. The predicted molar refractivity (Wildman–Crippen MR) is 139 cm³/mol. The number of rotatable bonds is 10. The van der Waals surface area contributed by atoms with Gasteiger partial charge in [0.2, 0.25) is 11.8 Å². The van der Waals surface area contributed by atoms with Gasteiger partial charge in [0.25, 0.3) is 0 Å². The molecule has 4 nitrogen and oxygen atoms in total. The fraction of sp³-hybridized carbons (Fsp3) is 0.259. The van der Waals surface area contributed by atoms with Crippen LogP contribution in [0.5, 0.6) is 0 Å². The molecule has 34 heavy (non-hydrogen) atoms. The summed E-state index contributed by atoms with van der Waals surface area (Å²) >= 11 is 18.7. The van der Waals surface area contributed by atoms with E-state index in [1.807, 2.05) is 61.5 Å². The van der Waals surface area contributed by atoms with E-state index in [0.717, 1.165) is 17.5 Å². The number of hydrogen-bond acceptors (Lipinski definition) is 2. The molecule has 0 unspecified atom stereocenters. The van der Waals surface area contributed by atoms with Gasteiger partial charge < -0.3 is 10.2 Å². The normalized spacial score (nSPS) is 11.6. The molecule has 178 valence electrons. The zero-order valence-corrected chi connectivity index (χ0v) is 21.2. The Morgan fingerprint density at radius 2 is 1.56 bits per heavy atom. The lowest BCUT2D eigenvalue weighted by molar-refractivity contribution is -0.140. The predicted octanol–water partition coefficient (Wildman–Crippen LogP) is 6.36. The van der Waals surface area contributed by atoms with Gasteiger partial charge in [0.1, 0.15) is 6.04 Å². The van der Waals surface area contributed by atoms with E-state index in [-0.39, 0.29) is 24.8 Å². The van der Waals surface area contributed by atoms with E-state index in [0.29, 0.717) is 33.6 Å². The second kappa shape index (κ2) is 12.8. The van der Waals surface area contributed by atoms with Gasteiger partial charge in [0.15, 0.2) is 0 Å². The zero-order valence-electron chi connectivity index (χ0n) is 18.9. The van der Waals surface area contributed by atoms with Gasteiger partial charge in [0, 0.05) is 24.5 Å².